The molecule has 0 aliphatic rings. The van der Waals surface area contributed by atoms with Crippen molar-refractivity contribution < 1.29 is 20.1 Å². The van der Waals surface area contributed by atoms with Crippen LogP contribution in [-0.2, 0) is 4.79 Å². The van der Waals surface area contributed by atoms with Gasteiger partial charge in [-0.3, -0.25) is 4.79 Å². The molecule has 0 bridgehead atoms. The monoisotopic (exact) mass is 584 g/mol. The Hall–Kier alpha value is -0.650. The maximum absolute atomic E-state index is 12.3. The minimum absolute atomic E-state index is 0.143. The molecule has 0 aliphatic carbocycles. The van der Waals surface area contributed by atoms with Crippen molar-refractivity contribution in [2.24, 2.45) is 0 Å². The predicted octanol–water partition coefficient (Wildman–Crippen LogP) is 9.54. The average molecular weight is 584 g/mol. The molecule has 0 aromatic carbocycles. The lowest BCUT2D eigenvalue weighted by molar-refractivity contribution is -0.124. The number of aliphatic hydroxyl groups excluding tert-OH is 3. The molecule has 0 aliphatic heterocycles. The lowest BCUT2D eigenvalue weighted by atomic mass is 9.99. The number of hydrogen-bond acceptors (Lipinski definition) is 4. The van der Waals surface area contributed by atoms with Crippen LogP contribution < -0.4 is 5.32 Å². The molecule has 0 aromatic rings. The molecule has 3 atom stereocenters. The van der Waals surface area contributed by atoms with Crippen molar-refractivity contribution >= 4 is 5.91 Å². The topological polar surface area (TPSA) is 89.8 Å². The molecule has 0 saturated carbocycles. The molecule has 1 unspecified atom stereocenters. The van der Waals surface area contributed by atoms with Crippen LogP contribution >= 0.6 is 0 Å². The highest BCUT2D eigenvalue weighted by Crippen LogP contribution is 2.16. The summed E-state index contributed by atoms with van der Waals surface area (Å²) < 4.78 is 0. The average Bonchev–Trinajstić information content (AvgIpc) is 2.97. The van der Waals surface area contributed by atoms with E-state index in [0.29, 0.717) is 12.8 Å². The molecule has 41 heavy (non-hydrogen) atoms. The Morgan fingerprint density at radius 1 is 0.512 bits per heavy atom. The predicted molar refractivity (Wildman–Crippen MR) is 176 cm³/mol. The first-order valence-corrected chi connectivity index (χ1v) is 18.3. The summed E-state index contributed by atoms with van der Waals surface area (Å²) in [7, 11) is 0. The number of rotatable bonds is 33. The molecular formula is C36H73NO4. The van der Waals surface area contributed by atoms with Crippen molar-refractivity contribution in [1.82, 2.24) is 5.32 Å². The third kappa shape index (κ3) is 27.9. The first-order chi connectivity index (χ1) is 20.1. The van der Waals surface area contributed by atoms with Gasteiger partial charge in [0.1, 0.15) is 6.10 Å². The first kappa shape index (κ1) is 40.4. The van der Waals surface area contributed by atoms with Crippen molar-refractivity contribution in [3.8, 4) is 0 Å². The van der Waals surface area contributed by atoms with E-state index in [1.54, 1.807) is 0 Å². The molecule has 0 radical (unpaired) electrons. The highest BCUT2D eigenvalue weighted by molar-refractivity contribution is 5.76. The number of nitrogens with one attached hydrogen (secondary N) is 1. The molecule has 5 nitrogen and oxygen atoms in total. The minimum Gasteiger partial charge on any atom is -0.394 e. The van der Waals surface area contributed by atoms with Gasteiger partial charge in [0.2, 0.25) is 5.91 Å². The smallest absolute Gasteiger partial charge is 0.220 e. The zero-order chi connectivity index (χ0) is 30.2. The molecule has 0 spiro atoms. The van der Waals surface area contributed by atoms with E-state index < -0.39 is 18.2 Å². The van der Waals surface area contributed by atoms with Crippen molar-refractivity contribution in [3.05, 3.63) is 0 Å². The van der Waals surface area contributed by atoms with Gasteiger partial charge in [-0.1, -0.05) is 181 Å². The Labute approximate surface area is 256 Å². The maximum Gasteiger partial charge on any atom is 0.220 e. The fourth-order valence-electron chi connectivity index (χ4n) is 5.81. The largest absolute Gasteiger partial charge is 0.394 e. The molecule has 0 saturated heterocycles. The second-order valence-corrected chi connectivity index (χ2v) is 12.8. The Bertz CT molecular complexity index is 530. The standard InChI is InChI=1S/C36H73NO4/c1-3-5-7-9-11-13-15-17-18-19-21-23-25-27-29-31-35(40)37-33(32-38)36(41)34(39)30-28-26-24-22-20-16-14-12-10-8-6-4-2/h33-34,36,38-39,41H,3-32H2,1-2H3,(H,37,40)/t33-,34?,36-/m0/s1. The van der Waals surface area contributed by atoms with Crippen molar-refractivity contribution in [1.29, 1.82) is 0 Å². The summed E-state index contributed by atoms with van der Waals surface area (Å²) in [5.74, 6) is -0.143. The SMILES string of the molecule is CCCCCCCCCCCCCCCCCC(=O)N[C@@H](CO)[C@H](O)C(O)CCCCCCCCCCCCCC. The lowest BCUT2D eigenvalue weighted by Gasteiger charge is -2.26. The van der Waals surface area contributed by atoms with E-state index >= 15 is 0 Å². The van der Waals surface area contributed by atoms with Gasteiger partial charge in [0.15, 0.2) is 0 Å². The van der Waals surface area contributed by atoms with Crippen molar-refractivity contribution in [3.63, 3.8) is 0 Å². The molecule has 5 heteroatoms. The van der Waals surface area contributed by atoms with E-state index in [1.807, 2.05) is 0 Å². The van der Waals surface area contributed by atoms with Gasteiger partial charge in [0.25, 0.3) is 0 Å². The van der Waals surface area contributed by atoms with E-state index in [-0.39, 0.29) is 12.5 Å². The van der Waals surface area contributed by atoms with E-state index in [9.17, 15) is 20.1 Å². The summed E-state index contributed by atoms with van der Waals surface area (Å²) in [5.41, 5.74) is 0. The molecule has 0 rings (SSSR count). The van der Waals surface area contributed by atoms with Gasteiger partial charge in [-0.15, -0.1) is 0 Å². The van der Waals surface area contributed by atoms with Gasteiger partial charge in [0, 0.05) is 6.42 Å². The Morgan fingerprint density at radius 3 is 1.17 bits per heavy atom. The highest BCUT2D eigenvalue weighted by Gasteiger charge is 2.26. The van der Waals surface area contributed by atoms with E-state index in [2.05, 4.69) is 19.2 Å². The maximum atomic E-state index is 12.3. The molecule has 0 aromatic heterocycles. The fraction of sp³-hybridized carbons (Fsp3) is 0.972. The summed E-state index contributed by atoms with van der Waals surface area (Å²) in [4.78, 5) is 12.3. The van der Waals surface area contributed by atoms with Crippen LogP contribution in [0.4, 0.5) is 0 Å². The lowest BCUT2D eigenvalue weighted by Crippen LogP contribution is -2.50. The van der Waals surface area contributed by atoms with Crippen LogP contribution in [0.5, 0.6) is 0 Å². The van der Waals surface area contributed by atoms with Crippen molar-refractivity contribution in [2.75, 3.05) is 6.61 Å². The molecule has 246 valence electrons. The third-order valence-electron chi connectivity index (χ3n) is 8.71. The normalized spacial score (nSPS) is 13.8. The van der Waals surface area contributed by atoms with E-state index in [1.165, 1.54) is 135 Å². The minimum atomic E-state index is -1.13. The van der Waals surface area contributed by atoms with Gasteiger partial charge < -0.3 is 20.6 Å². The number of carbonyl (C=O) groups is 1. The van der Waals surface area contributed by atoms with Crippen LogP contribution in [0.3, 0.4) is 0 Å². The van der Waals surface area contributed by atoms with Crippen LogP contribution in [0, 0.1) is 0 Å². The van der Waals surface area contributed by atoms with E-state index in [4.69, 9.17) is 0 Å². The van der Waals surface area contributed by atoms with Crippen LogP contribution in [0.25, 0.3) is 0 Å². The van der Waals surface area contributed by atoms with Crippen LogP contribution in [0.2, 0.25) is 0 Å². The fourth-order valence-corrected chi connectivity index (χ4v) is 5.81. The molecule has 0 fully saturated rings. The number of carbonyl (C=O) groups excluding carboxylic acids is 1. The zero-order valence-corrected chi connectivity index (χ0v) is 27.7. The second-order valence-electron chi connectivity index (χ2n) is 12.8. The first-order valence-electron chi connectivity index (χ1n) is 18.3. The summed E-state index contributed by atoms with van der Waals surface area (Å²) in [6.07, 6.45) is 33.3. The molecule has 4 N–H and O–H groups in total. The quantitative estimate of drug-likeness (QED) is 0.0579. The van der Waals surface area contributed by atoms with Gasteiger partial charge >= 0.3 is 0 Å². The summed E-state index contributed by atoms with van der Waals surface area (Å²) in [6, 6.07) is -0.800. The molecule has 1 amide bonds. The second kappa shape index (κ2) is 32.3. The Kier molecular flexibility index (Phi) is 31.8. The number of hydrogen-bond donors (Lipinski definition) is 4. The van der Waals surface area contributed by atoms with Crippen LogP contribution in [0.15, 0.2) is 0 Å². The van der Waals surface area contributed by atoms with Crippen LogP contribution in [0.1, 0.15) is 200 Å². The highest BCUT2D eigenvalue weighted by atomic mass is 16.3. The van der Waals surface area contributed by atoms with Gasteiger partial charge in [-0.2, -0.15) is 0 Å². The number of unbranched alkanes of at least 4 members (excludes halogenated alkanes) is 25. The number of aliphatic hydroxyl groups is 3. The molecule has 0 heterocycles. The summed E-state index contributed by atoms with van der Waals surface area (Å²) in [5, 5.41) is 33.3. The van der Waals surface area contributed by atoms with Crippen molar-refractivity contribution in [2.45, 2.75) is 218 Å². The van der Waals surface area contributed by atoms with Gasteiger partial charge in [0.05, 0.1) is 18.8 Å². The summed E-state index contributed by atoms with van der Waals surface area (Å²) in [6.45, 7) is 4.16. The summed E-state index contributed by atoms with van der Waals surface area (Å²) >= 11 is 0. The van der Waals surface area contributed by atoms with Gasteiger partial charge in [-0.05, 0) is 12.8 Å². The zero-order valence-electron chi connectivity index (χ0n) is 27.7. The van der Waals surface area contributed by atoms with Crippen LogP contribution in [-0.4, -0.2) is 46.1 Å². The van der Waals surface area contributed by atoms with Gasteiger partial charge in [-0.25, -0.2) is 0 Å². The Balaban J connectivity index is 3.66. The third-order valence-corrected chi connectivity index (χ3v) is 8.71. The Morgan fingerprint density at radius 2 is 0.829 bits per heavy atom. The number of amides is 1. The molecular weight excluding hydrogens is 510 g/mol. The van der Waals surface area contributed by atoms with E-state index in [0.717, 1.165) is 38.5 Å².